The van der Waals surface area contributed by atoms with E-state index in [1.807, 2.05) is 12.5 Å². The first-order chi connectivity index (χ1) is 20.8. The standard InChI is InChI=1S/C26H47N9O7S2/c1-43-13-9-17(33-23(39)19-6-4-12-35(19)24(40)15(27)7-8-20(28)36)22(38)32-16(5-3-11-31-26(29)30)21(37)34-18(25(41)42)10-14-44-2/h15-19H,3-14,27H2,1-2H3,(H2,28,36)(H,32,38)(H,33,39)(H,34,37)(H,41,42)(H4,29,30,31)/t15-,16-,17-,18-,19-/m0/s1. The minimum atomic E-state index is -1.20. The van der Waals surface area contributed by atoms with Gasteiger partial charge in [0, 0.05) is 19.5 Å². The molecule has 0 saturated carbocycles. The summed E-state index contributed by atoms with van der Waals surface area (Å²) in [5.74, 6) is -3.29. The fourth-order valence-corrected chi connectivity index (χ4v) is 5.46. The Labute approximate surface area is 266 Å². The van der Waals surface area contributed by atoms with Crippen LogP contribution in [0.3, 0.4) is 0 Å². The zero-order chi connectivity index (χ0) is 33.2. The summed E-state index contributed by atoms with van der Waals surface area (Å²) in [5.41, 5.74) is 21.9. The first-order valence-electron chi connectivity index (χ1n) is 14.3. The predicted molar refractivity (Wildman–Crippen MR) is 170 cm³/mol. The lowest BCUT2D eigenvalue weighted by atomic mass is 10.1. The number of hydrogen-bond donors (Lipinski definition) is 8. The van der Waals surface area contributed by atoms with Crippen molar-refractivity contribution in [2.75, 3.05) is 37.1 Å². The second-order valence-electron chi connectivity index (χ2n) is 10.3. The maximum atomic E-state index is 13.5. The normalized spacial score (nSPS) is 17.1. The van der Waals surface area contributed by atoms with Gasteiger partial charge in [-0.05, 0) is 69.0 Å². The summed E-state index contributed by atoms with van der Waals surface area (Å²) in [6.45, 7) is 0.471. The number of carboxylic acid groups (broad SMARTS) is 1. The van der Waals surface area contributed by atoms with Crippen molar-refractivity contribution in [2.45, 2.75) is 81.6 Å². The van der Waals surface area contributed by atoms with Crippen molar-refractivity contribution in [3.8, 4) is 0 Å². The molecule has 0 aromatic rings. The van der Waals surface area contributed by atoms with E-state index in [1.165, 1.54) is 28.4 Å². The zero-order valence-electron chi connectivity index (χ0n) is 25.3. The van der Waals surface area contributed by atoms with E-state index in [0.29, 0.717) is 37.3 Å². The number of guanidine groups is 1. The molecule has 0 bridgehead atoms. The molecule has 44 heavy (non-hydrogen) atoms. The fraction of sp³-hybridized carbons (Fsp3) is 0.731. The van der Waals surface area contributed by atoms with Gasteiger partial charge < -0.3 is 48.9 Å². The zero-order valence-corrected chi connectivity index (χ0v) is 26.9. The van der Waals surface area contributed by atoms with Crippen molar-refractivity contribution >= 4 is 65.0 Å². The van der Waals surface area contributed by atoms with Gasteiger partial charge in [-0.2, -0.15) is 23.5 Å². The minimum absolute atomic E-state index is 0.0460. The molecule has 18 heteroatoms. The number of hydrogen-bond acceptors (Lipinski definition) is 10. The number of nitrogens with zero attached hydrogens (tertiary/aromatic N) is 2. The second kappa shape index (κ2) is 20.7. The molecule has 1 heterocycles. The summed E-state index contributed by atoms with van der Waals surface area (Å²) in [4.78, 5) is 81.0. The Kier molecular flexibility index (Phi) is 18.2. The largest absolute Gasteiger partial charge is 0.480 e. The van der Waals surface area contributed by atoms with Crippen LogP contribution in [-0.2, 0) is 28.8 Å². The number of aliphatic imine (C=N–C) groups is 1. The van der Waals surface area contributed by atoms with Crippen LogP contribution in [0.2, 0.25) is 0 Å². The summed E-state index contributed by atoms with van der Waals surface area (Å²) in [5, 5.41) is 17.4. The molecule has 1 fully saturated rings. The van der Waals surface area contributed by atoms with E-state index >= 15 is 0 Å². The van der Waals surface area contributed by atoms with Crippen molar-refractivity contribution in [3.63, 3.8) is 0 Å². The first kappa shape index (κ1) is 38.8. The molecule has 0 unspecified atom stereocenters. The maximum Gasteiger partial charge on any atom is 0.326 e. The third-order valence-corrected chi connectivity index (χ3v) is 8.19. The van der Waals surface area contributed by atoms with Gasteiger partial charge in [-0.1, -0.05) is 0 Å². The lowest BCUT2D eigenvalue weighted by Gasteiger charge is -2.29. The predicted octanol–water partition coefficient (Wildman–Crippen LogP) is -2.33. The van der Waals surface area contributed by atoms with Gasteiger partial charge in [-0.15, -0.1) is 0 Å². The molecular weight excluding hydrogens is 614 g/mol. The Bertz CT molecular complexity index is 1030. The first-order valence-corrected chi connectivity index (χ1v) is 17.1. The van der Waals surface area contributed by atoms with E-state index in [1.54, 1.807) is 0 Å². The number of aliphatic carboxylic acids is 1. The van der Waals surface area contributed by atoms with Gasteiger partial charge in [0.2, 0.25) is 29.5 Å². The molecule has 5 amide bonds. The Hall–Kier alpha value is -3.25. The van der Waals surface area contributed by atoms with Crippen molar-refractivity contribution in [3.05, 3.63) is 0 Å². The number of carbonyl (C=O) groups excluding carboxylic acids is 5. The Morgan fingerprint density at radius 1 is 0.886 bits per heavy atom. The average Bonchev–Trinajstić information content (AvgIpc) is 3.46. The number of nitrogens with two attached hydrogens (primary N) is 4. The number of likely N-dealkylation sites (tertiary alicyclic amines) is 1. The fourth-order valence-electron chi connectivity index (χ4n) is 4.52. The number of carboxylic acids is 1. The van der Waals surface area contributed by atoms with E-state index in [2.05, 4.69) is 20.9 Å². The number of thioether (sulfide) groups is 2. The molecule has 0 aliphatic carbocycles. The van der Waals surface area contributed by atoms with E-state index < -0.39 is 65.7 Å². The molecular formula is C26H47N9O7S2. The summed E-state index contributed by atoms with van der Waals surface area (Å²) >= 11 is 2.89. The molecule has 0 radical (unpaired) electrons. The number of amides is 5. The topological polar surface area (TPSA) is 278 Å². The maximum absolute atomic E-state index is 13.5. The van der Waals surface area contributed by atoms with Crippen molar-refractivity contribution in [1.29, 1.82) is 0 Å². The van der Waals surface area contributed by atoms with Crippen LogP contribution in [0.25, 0.3) is 0 Å². The molecule has 0 aromatic carbocycles. The van der Waals surface area contributed by atoms with Gasteiger partial charge in [0.1, 0.15) is 24.2 Å². The molecule has 1 saturated heterocycles. The van der Waals surface area contributed by atoms with Gasteiger partial charge in [0.15, 0.2) is 5.96 Å². The third kappa shape index (κ3) is 14.0. The van der Waals surface area contributed by atoms with Crippen LogP contribution in [0.1, 0.15) is 51.4 Å². The lowest BCUT2D eigenvalue weighted by molar-refractivity contribution is -0.142. The number of primary amides is 1. The highest BCUT2D eigenvalue weighted by molar-refractivity contribution is 7.98. The summed E-state index contributed by atoms with van der Waals surface area (Å²) < 4.78 is 0. The quantitative estimate of drug-likeness (QED) is 0.0365. The molecule has 1 aliphatic rings. The van der Waals surface area contributed by atoms with Crippen LogP contribution in [0.15, 0.2) is 4.99 Å². The van der Waals surface area contributed by atoms with Crippen molar-refractivity contribution in [1.82, 2.24) is 20.9 Å². The van der Waals surface area contributed by atoms with Gasteiger partial charge in [-0.3, -0.25) is 29.0 Å². The van der Waals surface area contributed by atoms with Crippen LogP contribution in [0, 0.1) is 0 Å². The molecule has 1 rings (SSSR count). The highest BCUT2D eigenvalue weighted by Gasteiger charge is 2.38. The van der Waals surface area contributed by atoms with Gasteiger partial charge in [-0.25, -0.2) is 4.79 Å². The third-order valence-electron chi connectivity index (χ3n) is 6.90. The van der Waals surface area contributed by atoms with E-state index in [0.717, 1.165) is 0 Å². The highest BCUT2D eigenvalue weighted by Crippen LogP contribution is 2.20. The Morgan fingerprint density at radius 2 is 1.45 bits per heavy atom. The summed E-state index contributed by atoms with van der Waals surface area (Å²) in [6, 6.07) is -5.20. The van der Waals surface area contributed by atoms with Crippen LogP contribution >= 0.6 is 23.5 Å². The SMILES string of the molecule is CSCC[C@H](NC(=O)[C@H](CCCN=C(N)N)NC(=O)[C@H](CCSC)NC(=O)[C@@H]1CCCN1C(=O)[C@@H](N)CCC(N)=O)C(=O)O. The van der Waals surface area contributed by atoms with Crippen LogP contribution in [-0.4, -0.2) is 119 Å². The smallest absolute Gasteiger partial charge is 0.326 e. The van der Waals surface area contributed by atoms with Crippen LogP contribution in [0.4, 0.5) is 0 Å². The van der Waals surface area contributed by atoms with Crippen molar-refractivity contribution in [2.24, 2.45) is 27.9 Å². The average molecular weight is 662 g/mol. The van der Waals surface area contributed by atoms with E-state index in [4.69, 9.17) is 22.9 Å². The highest BCUT2D eigenvalue weighted by atomic mass is 32.2. The Balaban J connectivity index is 3.07. The summed E-state index contributed by atoms with van der Waals surface area (Å²) in [7, 11) is 0. The van der Waals surface area contributed by atoms with E-state index in [-0.39, 0.29) is 44.6 Å². The molecule has 5 atom stereocenters. The lowest BCUT2D eigenvalue weighted by Crippen LogP contribution is -2.58. The number of rotatable bonds is 21. The minimum Gasteiger partial charge on any atom is -0.480 e. The van der Waals surface area contributed by atoms with E-state index in [9.17, 15) is 33.9 Å². The Morgan fingerprint density at radius 3 is 2.00 bits per heavy atom. The molecule has 12 N–H and O–H groups in total. The monoisotopic (exact) mass is 661 g/mol. The van der Waals surface area contributed by atoms with Gasteiger partial charge >= 0.3 is 5.97 Å². The second-order valence-corrected chi connectivity index (χ2v) is 12.3. The molecule has 0 spiro atoms. The van der Waals surface area contributed by atoms with Crippen molar-refractivity contribution < 1.29 is 33.9 Å². The van der Waals surface area contributed by atoms with Crippen LogP contribution < -0.4 is 38.9 Å². The molecule has 250 valence electrons. The number of nitrogens with one attached hydrogen (secondary N) is 3. The molecule has 0 aromatic heterocycles. The van der Waals surface area contributed by atoms with Crippen LogP contribution in [0.5, 0.6) is 0 Å². The number of carbonyl (C=O) groups is 6. The molecule has 1 aliphatic heterocycles. The summed E-state index contributed by atoms with van der Waals surface area (Å²) in [6.07, 6.45) is 5.35. The molecule has 16 nitrogen and oxygen atoms in total. The van der Waals surface area contributed by atoms with Gasteiger partial charge in [0.25, 0.3) is 0 Å². The van der Waals surface area contributed by atoms with Gasteiger partial charge in [0.05, 0.1) is 6.04 Å².